The summed E-state index contributed by atoms with van der Waals surface area (Å²) < 4.78 is 52.9. The van der Waals surface area contributed by atoms with Gasteiger partial charge in [0, 0.05) is 17.8 Å². The van der Waals surface area contributed by atoms with Crippen molar-refractivity contribution in [1.29, 1.82) is 0 Å². The first kappa shape index (κ1) is 26.9. The lowest BCUT2D eigenvalue weighted by Crippen LogP contribution is -2.31. The van der Waals surface area contributed by atoms with Gasteiger partial charge >= 0.3 is 12.1 Å². The zero-order valence-corrected chi connectivity index (χ0v) is 21.4. The van der Waals surface area contributed by atoms with Gasteiger partial charge in [-0.25, -0.2) is 14.2 Å². The van der Waals surface area contributed by atoms with Crippen molar-refractivity contribution in [3.63, 3.8) is 0 Å². The summed E-state index contributed by atoms with van der Waals surface area (Å²) >= 11 is 8.25. The fraction of sp³-hybridized carbons (Fsp3) is 0.136. The van der Waals surface area contributed by atoms with Crippen LogP contribution >= 0.6 is 46.7 Å². The highest BCUT2D eigenvalue weighted by atomic mass is 32.2. The Hall–Kier alpha value is -3.14. The van der Waals surface area contributed by atoms with Crippen LogP contribution in [0.1, 0.15) is 26.5 Å². The number of aromatic nitrogens is 1. The number of carboxylic acid groups (broad SMARTS) is 1. The van der Waals surface area contributed by atoms with Gasteiger partial charge in [0.05, 0.1) is 16.7 Å². The summed E-state index contributed by atoms with van der Waals surface area (Å²) in [6.07, 6.45) is -2.27. The van der Waals surface area contributed by atoms with Crippen LogP contribution in [-0.4, -0.2) is 43.6 Å². The summed E-state index contributed by atoms with van der Waals surface area (Å²) in [6, 6.07) is 4.32. The van der Waals surface area contributed by atoms with Crippen molar-refractivity contribution in [2.45, 2.75) is 12.6 Å². The normalized spacial score (nSPS) is 15.0. The number of carbonyl (C=O) groups excluding carboxylic acids is 2. The van der Waals surface area contributed by atoms with E-state index in [1.165, 1.54) is 22.3 Å². The maximum Gasteiger partial charge on any atom is 0.419 e. The summed E-state index contributed by atoms with van der Waals surface area (Å²) in [7, 11) is 0. The van der Waals surface area contributed by atoms with Crippen molar-refractivity contribution in [1.82, 2.24) is 9.88 Å². The van der Waals surface area contributed by atoms with Crippen LogP contribution in [0, 0.1) is 5.82 Å². The van der Waals surface area contributed by atoms with E-state index in [0.29, 0.717) is 10.4 Å². The second-order valence-electron chi connectivity index (χ2n) is 7.40. The van der Waals surface area contributed by atoms with Gasteiger partial charge in [-0.1, -0.05) is 41.4 Å². The quantitative estimate of drug-likeness (QED) is 0.200. The lowest BCUT2D eigenvalue weighted by Gasteiger charge is -2.13. The number of thiazole rings is 1. The van der Waals surface area contributed by atoms with Crippen molar-refractivity contribution < 1.29 is 37.1 Å². The Labute approximate surface area is 223 Å². The molecule has 3 heterocycles. The van der Waals surface area contributed by atoms with Gasteiger partial charge in [0.25, 0.3) is 5.91 Å². The summed E-state index contributed by atoms with van der Waals surface area (Å²) in [5, 5.41) is 13.1. The maximum atomic E-state index is 13.6. The van der Waals surface area contributed by atoms with Crippen LogP contribution in [0.3, 0.4) is 0 Å². The van der Waals surface area contributed by atoms with Crippen molar-refractivity contribution in [3.05, 3.63) is 61.9 Å². The van der Waals surface area contributed by atoms with Crippen molar-refractivity contribution in [2.75, 3.05) is 11.9 Å². The minimum atomic E-state index is -4.83. The molecule has 0 aliphatic carbocycles. The molecule has 15 heteroatoms. The van der Waals surface area contributed by atoms with Crippen molar-refractivity contribution in [3.8, 4) is 11.1 Å². The topological polar surface area (TPSA) is 99.6 Å². The highest BCUT2D eigenvalue weighted by Gasteiger charge is 2.35. The fourth-order valence-electron chi connectivity index (χ4n) is 3.15. The third-order valence-electron chi connectivity index (χ3n) is 4.90. The molecule has 1 fully saturated rings. The molecule has 1 aliphatic heterocycles. The number of hydrogen-bond donors (Lipinski definition) is 2. The molecule has 192 valence electrons. The Bertz CT molecular complexity index is 1450. The van der Waals surface area contributed by atoms with Crippen LogP contribution in [0.25, 0.3) is 17.2 Å². The molecule has 1 aromatic carbocycles. The Morgan fingerprint density at radius 2 is 1.97 bits per heavy atom. The first-order valence-electron chi connectivity index (χ1n) is 10.1. The number of thioether (sulfide) groups is 1. The van der Waals surface area contributed by atoms with E-state index >= 15 is 0 Å². The largest absolute Gasteiger partial charge is 0.477 e. The van der Waals surface area contributed by atoms with Gasteiger partial charge < -0.3 is 10.4 Å². The second kappa shape index (κ2) is 10.7. The number of nitrogens with zero attached hydrogens (tertiary/aromatic N) is 2. The van der Waals surface area contributed by atoms with E-state index in [1.54, 1.807) is 17.5 Å². The predicted octanol–water partition coefficient (Wildman–Crippen LogP) is 5.96. The molecule has 2 aromatic heterocycles. The molecule has 2 N–H and O–H groups in total. The fourth-order valence-corrected chi connectivity index (χ4v) is 6.04. The molecule has 7 nitrogen and oxygen atoms in total. The first-order chi connectivity index (χ1) is 17.4. The van der Waals surface area contributed by atoms with Crippen LogP contribution in [0.2, 0.25) is 0 Å². The second-order valence-corrected chi connectivity index (χ2v) is 11.0. The predicted molar refractivity (Wildman–Crippen MR) is 137 cm³/mol. The third kappa shape index (κ3) is 6.23. The number of thiophene rings is 1. The average molecular weight is 588 g/mol. The molecule has 0 atom stereocenters. The molecule has 1 aliphatic rings. The lowest BCUT2D eigenvalue weighted by molar-refractivity contribution is -0.140. The van der Waals surface area contributed by atoms with E-state index in [2.05, 4.69) is 10.3 Å². The smallest absolute Gasteiger partial charge is 0.419 e. The van der Waals surface area contributed by atoms with E-state index in [-0.39, 0.29) is 37.8 Å². The van der Waals surface area contributed by atoms with Crippen LogP contribution in [0.4, 0.5) is 22.7 Å². The van der Waals surface area contributed by atoms with Crippen molar-refractivity contribution in [2.24, 2.45) is 0 Å². The monoisotopic (exact) mass is 587 g/mol. The zero-order chi connectivity index (χ0) is 26.9. The molecule has 0 saturated carbocycles. The van der Waals surface area contributed by atoms with E-state index in [1.807, 2.05) is 0 Å². The summed E-state index contributed by atoms with van der Waals surface area (Å²) in [5.41, 5.74) is -0.749. The number of carboxylic acids is 1. The molecular formula is C22H13F4N3O4S4. The average Bonchev–Trinajstić information content (AvgIpc) is 3.53. The maximum absolute atomic E-state index is 13.6. The number of alkyl halides is 3. The van der Waals surface area contributed by atoms with Crippen LogP contribution in [0.15, 0.2) is 40.7 Å². The van der Waals surface area contributed by atoms with Gasteiger partial charge in [-0.05, 0) is 40.8 Å². The van der Waals surface area contributed by atoms with Crippen LogP contribution < -0.4 is 5.32 Å². The number of aromatic carboxylic acids is 1. The summed E-state index contributed by atoms with van der Waals surface area (Å²) in [6.45, 7) is -0.0174. The van der Waals surface area contributed by atoms with E-state index in [4.69, 9.17) is 17.3 Å². The number of hydrogen-bond acceptors (Lipinski definition) is 8. The highest BCUT2D eigenvalue weighted by molar-refractivity contribution is 8.26. The number of benzene rings is 1. The standard InChI is InChI=1S/C22H13F4N3O4S4/c23-14-2-1-10(6-13(14)22(24,25)26)11-5-12(35-9-11)7-15-18(31)29(21(34)37-15)4-3-17(30)28-20-27-8-16(36-20)19(32)33/h1-2,5-9H,3-4H2,(H,32,33)(H,27,28,30). The molecule has 37 heavy (non-hydrogen) atoms. The van der Waals surface area contributed by atoms with Gasteiger partial charge in [0.1, 0.15) is 15.0 Å². The minimum absolute atomic E-state index is 0.0174. The SMILES string of the molecule is O=C(CCN1C(=O)C(=Cc2cc(-c3ccc(F)c(C(F)(F)F)c3)cs2)SC1=S)Nc1ncc(C(=O)O)s1. The molecule has 0 unspecified atom stereocenters. The number of thiocarbonyl (C=S) groups is 1. The van der Waals surface area contributed by atoms with Gasteiger partial charge in [0.2, 0.25) is 5.91 Å². The van der Waals surface area contributed by atoms with E-state index < -0.39 is 35.3 Å². The molecule has 1 saturated heterocycles. The van der Waals surface area contributed by atoms with E-state index in [0.717, 1.165) is 41.4 Å². The lowest BCUT2D eigenvalue weighted by atomic mass is 10.0. The molecular weight excluding hydrogens is 575 g/mol. The van der Waals surface area contributed by atoms with Crippen LogP contribution in [-0.2, 0) is 15.8 Å². The van der Waals surface area contributed by atoms with Gasteiger partial charge in [-0.15, -0.1) is 11.3 Å². The first-order valence-corrected chi connectivity index (χ1v) is 13.0. The van der Waals surface area contributed by atoms with Gasteiger partial charge in [0.15, 0.2) is 5.13 Å². The Morgan fingerprint density at radius 3 is 2.65 bits per heavy atom. The molecule has 0 spiro atoms. The molecule has 2 amide bonds. The Kier molecular flexibility index (Phi) is 7.77. The van der Waals surface area contributed by atoms with Gasteiger partial charge in [-0.2, -0.15) is 13.2 Å². The molecule has 0 bridgehead atoms. The third-order valence-corrected chi connectivity index (χ3v) is 8.06. The van der Waals surface area contributed by atoms with Gasteiger partial charge in [-0.3, -0.25) is 14.5 Å². The molecule has 0 radical (unpaired) electrons. The summed E-state index contributed by atoms with van der Waals surface area (Å²) in [4.78, 5) is 41.8. The Morgan fingerprint density at radius 1 is 1.22 bits per heavy atom. The molecule has 3 aromatic rings. The Balaban J connectivity index is 1.41. The minimum Gasteiger partial charge on any atom is -0.477 e. The van der Waals surface area contributed by atoms with E-state index in [9.17, 15) is 31.9 Å². The number of anilines is 1. The number of rotatable bonds is 7. The number of carbonyl (C=O) groups is 3. The number of halogens is 4. The molecule has 4 rings (SSSR count). The summed E-state index contributed by atoms with van der Waals surface area (Å²) in [5.74, 6) is -3.43. The zero-order valence-electron chi connectivity index (χ0n) is 18.2. The number of nitrogens with one attached hydrogen (secondary N) is 1. The van der Waals surface area contributed by atoms with Crippen LogP contribution in [0.5, 0.6) is 0 Å². The number of amides is 2. The highest BCUT2D eigenvalue weighted by Crippen LogP contribution is 2.37. The van der Waals surface area contributed by atoms with Crippen molar-refractivity contribution >= 4 is 80.0 Å².